The van der Waals surface area contributed by atoms with E-state index in [1.54, 1.807) is 0 Å². The van der Waals surface area contributed by atoms with Crippen LogP contribution in [0.25, 0.3) is 0 Å². The first-order chi connectivity index (χ1) is 9.83. The molecular formula is C15H22N2O2S. The third-order valence-electron chi connectivity index (χ3n) is 4.00. The number of hydrogen-bond acceptors (Lipinski definition) is 4. The van der Waals surface area contributed by atoms with Gasteiger partial charge in [0.2, 0.25) is 0 Å². The van der Waals surface area contributed by atoms with Gasteiger partial charge in [-0.1, -0.05) is 12.1 Å². The fraction of sp³-hybridized carbons (Fsp3) is 0.600. The van der Waals surface area contributed by atoms with Gasteiger partial charge in [-0.2, -0.15) is 0 Å². The highest BCUT2D eigenvalue weighted by atomic mass is 32.2. The number of rotatable bonds is 3. The summed E-state index contributed by atoms with van der Waals surface area (Å²) in [5.74, 6) is 1.66. The molecule has 0 bridgehead atoms. The van der Waals surface area contributed by atoms with Crippen LogP contribution >= 0.6 is 0 Å². The average molecular weight is 294 g/mol. The molecule has 0 unspecified atom stereocenters. The second-order valence-corrected chi connectivity index (χ2v) is 7.08. The van der Waals surface area contributed by atoms with Crippen molar-refractivity contribution in [1.29, 1.82) is 0 Å². The number of morpholine rings is 1. The Kier molecular flexibility index (Phi) is 4.58. The normalized spacial score (nSPS) is 27.3. The van der Waals surface area contributed by atoms with E-state index >= 15 is 0 Å². The Hall–Kier alpha value is -1.07. The van der Waals surface area contributed by atoms with Gasteiger partial charge in [0.15, 0.2) is 0 Å². The molecule has 0 spiro atoms. The molecule has 110 valence electrons. The maximum absolute atomic E-state index is 11.4. The van der Waals surface area contributed by atoms with Crippen LogP contribution in [0.1, 0.15) is 12.8 Å². The van der Waals surface area contributed by atoms with Crippen LogP contribution in [-0.2, 0) is 15.5 Å². The number of ether oxygens (including phenoxy) is 1. The lowest BCUT2D eigenvalue weighted by atomic mass is 10.1. The molecule has 2 aliphatic rings. The zero-order valence-corrected chi connectivity index (χ0v) is 12.5. The summed E-state index contributed by atoms with van der Waals surface area (Å²) in [6.07, 6.45) is 2.01. The summed E-state index contributed by atoms with van der Waals surface area (Å²) in [6.45, 7) is 3.51. The topological polar surface area (TPSA) is 41.6 Å². The smallest absolute Gasteiger partial charge is 0.0642 e. The van der Waals surface area contributed by atoms with Crippen molar-refractivity contribution in [3.8, 4) is 0 Å². The van der Waals surface area contributed by atoms with E-state index in [1.807, 2.05) is 0 Å². The van der Waals surface area contributed by atoms with Crippen molar-refractivity contribution in [1.82, 2.24) is 0 Å². The summed E-state index contributed by atoms with van der Waals surface area (Å²) in [5.41, 5.74) is 2.47. The number of nitrogens with one attached hydrogen (secondary N) is 1. The average Bonchev–Trinajstić information content (AvgIpc) is 2.51. The summed E-state index contributed by atoms with van der Waals surface area (Å²) in [5, 5.41) is 3.65. The van der Waals surface area contributed by atoms with Crippen LogP contribution in [0, 0.1) is 0 Å². The first-order valence-corrected chi connectivity index (χ1v) is 8.85. The molecule has 0 aliphatic carbocycles. The molecule has 0 aromatic heterocycles. The Bertz CT molecular complexity index is 465. The van der Waals surface area contributed by atoms with Crippen LogP contribution in [0.2, 0.25) is 0 Å². The number of nitrogens with zero attached hydrogens (tertiary/aromatic N) is 1. The Balaban J connectivity index is 1.70. The predicted octanol–water partition coefficient (Wildman–Crippen LogP) is 1.85. The number of hydrogen-bond donors (Lipinski definition) is 1. The van der Waals surface area contributed by atoms with Gasteiger partial charge in [-0.05, 0) is 25.0 Å². The van der Waals surface area contributed by atoms with Crippen molar-refractivity contribution in [3.63, 3.8) is 0 Å². The fourth-order valence-corrected chi connectivity index (χ4v) is 4.13. The molecule has 3 rings (SSSR count). The molecule has 5 heteroatoms. The summed E-state index contributed by atoms with van der Waals surface area (Å²) < 4.78 is 16.9. The Labute approximate surface area is 123 Å². The minimum atomic E-state index is -0.595. The zero-order chi connectivity index (χ0) is 13.8. The summed E-state index contributed by atoms with van der Waals surface area (Å²) in [7, 11) is -0.595. The second kappa shape index (κ2) is 6.59. The minimum absolute atomic E-state index is 0.454. The van der Waals surface area contributed by atoms with Gasteiger partial charge in [-0.15, -0.1) is 0 Å². The second-order valence-electron chi connectivity index (χ2n) is 5.38. The van der Waals surface area contributed by atoms with Crippen LogP contribution in [0.4, 0.5) is 11.4 Å². The monoisotopic (exact) mass is 294 g/mol. The highest BCUT2D eigenvalue weighted by Crippen LogP contribution is 2.28. The molecule has 4 nitrogen and oxygen atoms in total. The van der Waals surface area contributed by atoms with E-state index in [-0.39, 0.29) is 0 Å². The van der Waals surface area contributed by atoms with Gasteiger partial charge in [-0.25, -0.2) is 0 Å². The van der Waals surface area contributed by atoms with Gasteiger partial charge in [0, 0.05) is 41.4 Å². The maximum Gasteiger partial charge on any atom is 0.0642 e. The van der Waals surface area contributed by atoms with E-state index in [0.717, 1.165) is 50.7 Å². The van der Waals surface area contributed by atoms with E-state index in [9.17, 15) is 4.21 Å². The van der Waals surface area contributed by atoms with Crippen molar-refractivity contribution >= 4 is 22.2 Å². The highest BCUT2D eigenvalue weighted by molar-refractivity contribution is 7.85. The van der Waals surface area contributed by atoms with E-state index in [0.29, 0.717) is 6.04 Å². The Morgan fingerprint density at radius 1 is 1.15 bits per heavy atom. The van der Waals surface area contributed by atoms with Gasteiger partial charge in [0.25, 0.3) is 0 Å². The summed E-state index contributed by atoms with van der Waals surface area (Å²) >= 11 is 0. The fourth-order valence-electron chi connectivity index (χ4n) is 2.83. The van der Waals surface area contributed by atoms with E-state index in [2.05, 4.69) is 34.5 Å². The number of anilines is 2. The molecule has 0 amide bonds. The highest BCUT2D eigenvalue weighted by Gasteiger charge is 2.20. The van der Waals surface area contributed by atoms with Crippen molar-refractivity contribution in [3.05, 3.63) is 24.3 Å². The molecule has 2 saturated heterocycles. The Morgan fingerprint density at radius 2 is 1.85 bits per heavy atom. The molecular weight excluding hydrogens is 272 g/mol. The third-order valence-corrected chi connectivity index (χ3v) is 5.39. The van der Waals surface area contributed by atoms with Crippen molar-refractivity contribution in [2.75, 3.05) is 48.0 Å². The van der Waals surface area contributed by atoms with Crippen LogP contribution in [0.15, 0.2) is 24.3 Å². The van der Waals surface area contributed by atoms with E-state index < -0.39 is 10.8 Å². The third kappa shape index (κ3) is 3.33. The maximum atomic E-state index is 11.4. The molecule has 0 saturated carbocycles. The Morgan fingerprint density at radius 3 is 2.60 bits per heavy atom. The van der Waals surface area contributed by atoms with Gasteiger partial charge < -0.3 is 15.0 Å². The van der Waals surface area contributed by atoms with E-state index in [1.165, 1.54) is 11.4 Å². The largest absolute Gasteiger partial charge is 0.381 e. The summed E-state index contributed by atoms with van der Waals surface area (Å²) in [4.78, 5) is 2.38. The lowest BCUT2D eigenvalue weighted by Gasteiger charge is -2.32. The van der Waals surface area contributed by atoms with Gasteiger partial charge >= 0.3 is 0 Å². The van der Waals surface area contributed by atoms with Crippen molar-refractivity contribution in [2.45, 2.75) is 18.9 Å². The van der Waals surface area contributed by atoms with Crippen LogP contribution in [0.5, 0.6) is 0 Å². The van der Waals surface area contributed by atoms with E-state index in [4.69, 9.17) is 4.74 Å². The predicted molar refractivity (Wildman–Crippen MR) is 84.0 cm³/mol. The minimum Gasteiger partial charge on any atom is -0.381 e. The molecule has 2 heterocycles. The standard InChI is InChI=1S/C15H22N2O2S/c18-20-11-5-13(6-12-20)16-14-3-1-2-4-15(14)17-7-9-19-10-8-17/h1-4,13,16H,5-12H2. The van der Waals surface area contributed by atoms with Gasteiger partial charge in [-0.3, -0.25) is 4.21 Å². The van der Waals surface area contributed by atoms with Gasteiger partial charge in [0.05, 0.1) is 24.6 Å². The molecule has 2 aliphatic heterocycles. The quantitative estimate of drug-likeness (QED) is 0.924. The van der Waals surface area contributed by atoms with Crippen LogP contribution < -0.4 is 10.2 Å². The first kappa shape index (κ1) is 13.9. The molecule has 0 atom stereocenters. The SMILES string of the molecule is O=S1CCC(Nc2ccccc2N2CCOCC2)CC1. The zero-order valence-electron chi connectivity index (χ0n) is 11.7. The lowest BCUT2D eigenvalue weighted by Crippen LogP contribution is -2.37. The van der Waals surface area contributed by atoms with Gasteiger partial charge in [0.1, 0.15) is 0 Å². The number of benzene rings is 1. The molecule has 0 radical (unpaired) electrons. The van der Waals surface area contributed by atoms with Crippen molar-refractivity contribution < 1.29 is 8.95 Å². The van der Waals surface area contributed by atoms with Crippen molar-refractivity contribution in [2.24, 2.45) is 0 Å². The summed E-state index contributed by atoms with van der Waals surface area (Å²) in [6, 6.07) is 8.94. The van der Waals surface area contributed by atoms with Crippen LogP contribution in [-0.4, -0.2) is 48.1 Å². The molecule has 20 heavy (non-hydrogen) atoms. The van der Waals surface area contributed by atoms with Crippen LogP contribution in [0.3, 0.4) is 0 Å². The molecule has 1 aromatic carbocycles. The number of para-hydroxylation sites is 2. The molecule has 1 N–H and O–H groups in total. The lowest BCUT2D eigenvalue weighted by molar-refractivity contribution is 0.123. The molecule has 1 aromatic rings. The first-order valence-electron chi connectivity index (χ1n) is 7.36. The molecule has 2 fully saturated rings.